The van der Waals surface area contributed by atoms with Gasteiger partial charge in [-0.15, -0.1) is 0 Å². The van der Waals surface area contributed by atoms with Crippen molar-refractivity contribution in [2.75, 3.05) is 0 Å². The SMILES string of the molecule is C/C(=C\C(CB1OC(C)(C)C(C)(C)O1)c1ccccc1)c1ccc(CO[Si](C)(C)C(C)(C)C)cc1. The molecule has 5 heteroatoms. The Kier molecular flexibility index (Phi) is 8.28. The molecule has 3 nitrogen and oxygen atoms in total. The second kappa shape index (κ2) is 10.4. The summed E-state index contributed by atoms with van der Waals surface area (Å²) in [5.41, 5.74) is 4.35. The van der Waals surface area contributed by atoms with Gasteiger partial charge in [0.2, 0.25) is 0 Å². The van der Waals surface area contributed by atoms with Crippen LogP contribution in [0.3, 0.4) is 0 Å². The van der Waals surface area contributed by atoms with E-state index in [-0.39, 0.29) is 29.3 Å². The van der Waals surface area contributed by atoms with Crippen LogP contribution < -0.4 is 0 Å². The first kappa shape index (κ1) is 27.9. The highest BCUT2D eigenvalue weighted by atomic mass is 28.4. The predicted octanol–water partition coefficient (Wildman–Crippen LogP) is 8.49. The Hall–Kier alpha value is -1.66. The van der Waals surface area contributed by atoms with E-state index in [0.29, 0.717) is 6.61 Å². The largest absolute Gasteiger partial charge is 0.458 e. The fraction of sp³-hybridized carbons (Fsp3) is 0.533. The molecule has 0 saturated carbocycles. The Bertz CT molecular complexity index is 988. The van der Waals surface area contributed by atoms with Crippen LogP contribution in [-0.4, -0.2) is 26.6 Å². The van der Waals surface area contributed by atoms with E-state index in [0.717, 1.165) is 6.32 Å². The van der Waals surface area contributed by atoms with Crippen molar-refractivity contribution in [2.45, 2.75) is 104 Å². The molecule has 0 N–H and O–H groups in total. The summed E-state index contributed by atoms with van der Waals surface area (Å²) in [5.74, 6) is 0.201. The summed E-state index contributed by atoms with van der Waals surface area (Å²) in [6.45, 7) is 22.8. The van der Waals surface area contributed by atoms with Gasteiger partial charge in [-0.25, -0.2) is 0 Å². The molecule has 0 bridgehead atoms. The van der Waals surface area contributed by atoms with Gasteiger partial charge >= 0.3 is 7.12 Å². The molecule has 35 heavy (non-hydrogen) atoms. The third-order valence-electron chi connectivity index (χ3n) is 8.24. The molecule has 3 rings (SSSR count). The van der Waals surface area contributed by atoms with Gasteiger partial charge in [0.15, 0.2) is 8.32 Å². The van der Waals surface area contributed by atoms with Gasteiger partial charge in [-0.3, -0.25) is 0 Å². The molecule has 0 radical (unpaired) electrons. The predicted molar refractivity (Wildman–Crippen MR) is 152 cm³/mol. The number of hydrogen-bond acceptors (Lipinski definition) is 3. The summed E-state index contributed by atoms with van der Waals surface area (Å²) >= 11 is 0. The van der Waals surface area contributed by atoms with Gasteiger partial charge in [-0.1, -0.05) is 81.4 Å². The Morgan fingerprint density at radius 2 is 1.49 bits per heavy atom. The molecule has 0 spiro atoms. The van der Waals surface area contributed by atoms with Crippen LogP contribution in [0.5, 0.6) is 0 Å². The monoisotopic (exact) mass is 492 g/mol. The lowest BCUT2D eigenvalue weighted by molar-refractivity contribution is 0.00578. The highest BCUT2D eigenvalue weighted by molar-refractivity contribution is 6.74. The zero-order chi connectivity index (χ0) is 26.1. The van der Waals surface area contributed by atoms with Crippen LogP contribution in [0.1, 0.15) is 78.0 Å². The van der Waals surface area contributed by atoms with Crippen molar-refractivity contribution in [3.63, 3.8) is 0 Å². The molecule has 2 aromatic rings. The normalized spacial score (nSPS) is 19.1. The third-order valence-corrected chi connectivity index (χ3v) is 12.7. The molecule has 1 heterocycles. The average Bonchev–Trinajstić information content (AvgIpc) is 2.97. The zero-order valence-corrected chi connectivity index (χ0v) is 24.6. The van der Waals surface area contributed by atoms with Crippen LogP contribution in [0.25, 0.3) is 5.57 Å². The van der Waals surface area contributed by atoms with Crippen molar-refractivity contribution < 1.29 is 13.7 Å². The molecular formula is C30H45BO3Si. The van der Waals surface area contributed by atoms with E-state index in [9.17, 15) is 0 Å². The summed E-state index contributed by atoms with van der Waals surface area (Å²) in [4.78, 5) is 0. The number of hydrogen-bond donors (Lipinski definition) is 0. The van der Waals surface area contributed by atoms with E-state index in [1.165, 1.54) is 22.3 Å². The second-order valence-electron chi connectivity index (χ2n) is 12.5. The average molecular weight is 493 g/mol. The van der Waals surface area contributed by atoms with E-state index in [4.69, 9.17) is 13.7 Å². The molecule has 1 aliphatic rings. The Labute approximate surface area is 215 Å². The first-order chi connectivity index (χ1) is 16.1. The van der Waals surface area contributed by atoms with Gasteiger partial charge in [0.25, 0.3) is 0 Å². The van der Waals surface area contributed by atoms with E-state index >= 15 is 0 Å². The van der Waals surface area contributed by atoms with Gasteiger partial charge in [0, 0.05) is 5.92 Å². The maximum atomic E-state index is 6.41. The lowest BCUT2D eigenvalue weighted by atomic mass is 9.74. The highest BCUT2D eigenvalue weighted by Crippen LogP contribution is 2.40. The van der Waals surface area contributed by atoms with Gasteiger partial charge < -0.3 is 13.7 Å². The second-order valence-corrected chi connectivity index (χ2v) is 17.3. The molecule has 0 aliphatic carbocycles. The summed E-state index contributed by atoms with van der Waals surface area (Å²) in [6.07, 6.45) is 3.15. The third kappa shape index (κ3) is 6.77. The standard InChI is InChI=1S/C30H45BO3Si/c1-23(25-18-16-24(17-19-25)22-32-35(9,10)28(2,3)4)20-27(26-14-12-11-13-15-26)21-31-33-29(5,6)30(7,8)34-31/h11-20,27H,21-22H2,1-10H3/b23-20+. The Morgan fingerprint density at radius 3 is 2.00 bits per heavy atom. The maximum Gasteiger partial charge on any atom is 0.458 e. The first-order valence-corrected chi connectivity index (χ1v) is 15.8. The molecule has 1 unspecified atom stereocenters. The van der Waals surface area contributed by atoms with Crippen molar-refractivity contribution in [1.82, 2.24) is 0 Å². The first-order valence-electron chi connectivity index (χ1n) is 12.9. The van der Waals surface area contributed by atoms with Gasteiger partial charge in [-0.2, -0.15) is 0 Å². The highest BCUT2D eigenvalue weighted by Gasteiger charge is 2.51. The summed E-state index contributed by atoms with van der Waals surface area (Å²) < 4.78 is 19.1. The molecule has 190 valence electrons. The molecule has 1 atom stereocenters. The van der Waals surface area contributed by atoms with Crippen LogP contribution in [-0.2, 0) is 20.3 Å². The minimum absolute atomic E-state index is 0.201. The smallest absolute Gasteiger partial charge is 0.413 e. The van der Waals surface area contributed by atoms with Crippen molar-refractivity contribution in [3.05, 3.63) is 77.4 Å². The molecule has 1 aliphatic heterocycles. The summed E-state index contributed by atoms with van der Waals surface area (Å²) in [7, 11) is -1.99. The van der Waals surface area contributed by atoms with Crippen LogP contribution >= 0.6 is 0 Å². The van der Waals surface area contributed by atoms with E-state index < -0.39 is 8.32 Å². The number of benzene rings is 2. The fourth-order valence-corrected chi connectivity index (χ4v) is 4.97. The van der Waals surface area contributed by atoms with Gasteiger partial charge in [0.1, 0.15) is 0 Å². The lowest BCUT2D eigenvalue weighted by Gasteiger charge is -2.36. The number of rotatable bonds is 8. The van der Waals surface area contributed by atoms with Crippen LogP contribution in [0.15, 0.2) is 60.7 Å². The molecular weight excluding hydrogens is 447 g/mol. The lowest BCUT2D eigenvalue weighted by Crippen LogP contribution is -2.41. The molecule has 2 aromatic carbocycles. The van der Waals surface area contributed by atoms with Crippen molar-refractivity contribution >= 4 is 21.0 Å². The van der Waals surface area contributed by atoms with Crippen LogP contribution in [0.4, 0.5) is 0 Å². The topological polar surface area (TPSA) is 27.7 Å². The summed E-state index contributed by atoms with van der Waals surface area (Å²) in [6, 6.07) is 19.5. The molecule has 1 fully saturated rings. The van der Waals surface area contributed by atoms with E-state index in [1.54, 1.807) is 0 Å². The van der Waals surface area contributed by atoms with Crippen molar-refractivity contribution in [2.24, 2.45) is 0 Å². The summed E-state index contributed by atoms with van der Waals surface area (Å²) in [5, 5.41) is 0.218. The van der Waals surface area contributed by atoms with Crippen molar-refractivity contribution in [1.29, 1.82) is 0 Å². The van der Waals surface area contributed by atoms with E-state index in [2.05, 4.69) is 129 Å². The minimum Gasteiger partial charge on any atom is -0.413 e. The Balaban J connectivity index is 1.76. The zero-order valence-electron chi connectivity index (χ0n) is 23.6. The quantitative estimate of drug-likeness (QED) is 0.346. The van der Waals surface area contributed by atoms with Crippen LogP contribution in [0, 0.1) is 0 Å². The van der Waals surface area contributed by atoms with Crippen LogP contribution in [0.2, 0.25) is 24.5 Å². The molecule has 1 saturated heterocycles. The van der Waals surface area contributed by atoms with Crippen molar-refractivity contribution in [3.8, 4) is 0 Å². The Morgan fingerprint density at radius 1 is 0.943 bits per heavy atom. The minimum atomic E-state index is -1.76. The van der Waals surface area contributed by atoms with Gasteiger partial charge in [-0.05, 0) is 81.3 Å². The van der Waals surface area contributed by atoms with Gasteiger partial charge in [0.05, 0.1) is 17.8 Å². The number of allylic oxidation sites excluding steroid dienone is 2. The molecule has 0 aromatic heterocycles. The fourth-order valence-electron chi connectivity index (χ4n) is 4.01. The molecule has 0 amide bonds. The maximum absolute atomic E-state index is 6.41. The van der Waals surface area contributed by atoms with E-state index in [1.807, 2.05) is 0 Å².